The first kappa shape index (κ1) is 39.2. The average Bonchev–Trinajstić information content (AvgIpc) is 3.66. The van der Waals surface area contributed by atoms with Crippen LogP contribution in [0, 0.1) is 3.57 Å². The predicted octanol–water partition coefficient (Wildman–Crippen LogP) is 10.3. The number of nitrogens with zero attached hydrogens (tertiary/aromatic N) is 6. The summed E-state index contributed by atoms with van der Waals surface area (Å²) in [6.45, 7) is 1.32. The molecule has 13 heteroatoms. The fourth-order valence-electron chi connectivity index (χ4n) is 5.95. The molecule has 6 aromatic heterocycles. The Morgan fingerprint density at radius 1 is 0.660 bits per heavy atom. The van der Waals surface area contributed by atoms with Gasteiger partial charge in [-0.15, -0.1) is 0 Å². The van der Waals surface area contributed by atoms with Crippen molar-refractivity contribution in [2.75, 3.05) is 21.3 Å². The van der Waals surface area contributed by atoms with Crippen molar-refractivity contribution in [2.24, 2.45) is 0 Å². The van der Waals surface area contributed by atoms with Crippen LogP contribution in [0.25, 0.3) is 43.6 Å². The minimum atomic E-state index is -0.401. The number of fused-ring (bicyclic) bond motifs is 4. The van der Waals surface area contributed by atoms with Crippen LogP contribution in [0.5, 0.6) is 11.8 Å². The van der Waals surface area contributed by atoms with Crippen LogP contribution in [-0.2, 0) is 17.8 Å². The lowest BCUT2D eigenvalue weighted by molar-refractivity contribution is 0.0602. The number of rotatable bonds is 7. The lowest BCUT2D eigenvalue weighted by Crippen LogP contribution is -2.01. The van der Waals surface area contributed by atoms with Crippen LogP contribution in [0.15, 0.2) is 97.8 Å². The smallest absolute Gasteiger partial charge is 0.340 e. The zero-order valence-corrected chi connectivity index (χ0v) is 31.3. The standard InChI is InChI=1S/C20H16ClN3O3.C18H13ClIN3O.2CH4/c1-26-19-7-15-16(20(25)27-2)11-24(18(15)9-23-19)10-12-3-4-17-13(5-12)6-14(21)8-22-17;1-24-18-6-14-15(20)10-23(17(14)8-22-18)9-11-2-3-16-12(4-11)5-13(19)7-21-16;;/h3-9,11H,10H2,1-2H3;2-8,10H,9H2,1H3;2*1H4. The maximum atomic E-state index is 12.2. The summed E-state index contributed by atoms with van der Waals surface area (Å²) < 4.78 is 20.7. The fourth-order valence-corrected chi connectivity index (χ4v) is 7.05. The Hall–Kier alpha value is -4.98. The van der Waals surface area contributed by atoms with Gasteiger partial charge in [-0.05, 0) is 70.1 Å². The first-order valence-electron chi connectivity index (χ1n) is 15.6. The van der Waals surface area contributed by atoms with E-state index in [0.29, 0.717) is 33.9 Å². The van der Waals surface area contributed by atoms with E-state index < -0.39 is 5.97 Å². The van der Waals surface area contributed by atoms with E-state index >= 15 is 0 Å². The summed E-state index contributed by atoms with van der Waals surface area (Å²) in [5.74, 6) is 0.669. The molecule has 0 N–H and O–H groups in total. The van der Waals surface area contributed by atoms with Crippen molar-refractivity contribution in [1.29, 1.82) is 0 Å². The molecule has 53 heavy (non-hydrogen) atoms. The lowest BCUT2D eigenvalue weighted by Gasteiger charge is -2.07. The van der Waals surface area contributed by atoms with Crippen molar-refractivity contribution in [3.63, 3.8) is 0 Å². The molecule has 8 aromatic rings. The molecule has 0 aliphatic heterocycles. The number of benzene rings is 2. The van der Waals surface area contributed by atoms with Crippen LogP contribution in [0.4, 0.5) is 0 Å². The highest BCUT2D eigenvalue weighted by Crippen LogP contribution is 2.28. The third-order valence-electron chi connectivity index (χ3n) is 8.39. The largest absolute Gasteiger partial charge is 0.481 e. The number of ether oxygens (including phenoxy) is 3. The van der Waals surface area contributed by atoms with Gasteiger partial charge in [0.2, 0.25) is 11.8 Å². The highest BCUT2D eigenvalue weighted by atomic mass is 127. The Morgan fingerprint density at radius 3 is 1.66 bits per heavy atom. The van der Waals surface area contributed by atoms with E-state index in [-0.39, 0.29) is 14.9 Å². The molecule has 0 unspecified atom stereocenters. The second-order valence-electron chi connectivity index (χ2n) is 11.6. The number of carbonyl (C=O) groups is 1. The number of halogens is 3. The molecular formula is C40H37Cl2IN6O4. The Labute approximate surface area is 330 Å². The van der Waals surface area contributed by atoms with Gasteiger partial charge in [0.25, 0.3) is 0 Å². The fraction of sp³-hybridized carbons (Fsp3) is 0.175. The minimum absolute atomic E-state index is 0. The van der Waals surface area contributed by atoms with Gasteiger partial charge >= 0.3 is 5.97 Å². The Balaban J connectivity index is 0.000000198. The van der Waals surface area contributed by atoms with Gasteiger partial charge in [-0.3, -0.25) is 9.97 Å². The van der Waals surface area contributed by atoms with E-state index in [1.54, 1.807) is 38.0 Å². The highest BCUT2D eigenvalue weighted by molar-refractivity contribution is 14.1. The number of hydrogen-bond acceptors (Lipinski definition) is 8. The molecule has 8 rings (SSSR count). The van der Waals surface area contributed by atoms with Gasteiger partial charge < -0.3 is 23.3 Å². The van der Waals surface area contributed by atoms with Crippen molar-refractivity contribution >= 4 is 95.4 Å². The summed E-state index contributed by atoms with van der Waals surface area (Å²) in [4.78, 5) is 29.4. The van der Waals surface area contributed by atoms with E-state index in [0.717, 1.165) is 55.7 Å². The van der Waals surface area contributed by atoms with Crippen LogP contribution < -0.4 is 9.47 Å². The summed E-state index contributed by atoms with van der Waals surface area (Å²) in [6, 6.07) is 19.8. The predicted molar refractivity (Wildman–Crippen MR) is 222 cm³/mol. The summed E-state index contributed by atoms with van der Waals surface area (Å²) >= 11 is 14.4. The van der Waals surface area contributed by atoms with Gasteiger partial charge in [0.15, 0.2) is 0 Å². The molecule has 272 valence electrons. The topological polar surface area (TPSA) is 106 Å². The molecule has 0 spiro atoms. The van der Waals surface area contributed by atoms with Crippen LogP contribution in [0.2, 0.25) is 10.0 Å². The maximum absolute atomic E-state index is 12.2. The molecule has 0 atom stereocenters. The molecule has 0 amide bonds. The zero-order chi connectivity index (χ0) is 35.6. The molecule has 2 aromatic carbocycles. The summed E-state index contributed by atoms with van der Waals surface area (Å²) in [6.07, 6.45) is 10.8. The second-order valence-corrected chi connectivity index (χ2v) is 13.7. The van der Waals surface area contributed by atoms with Crippen molar-refractivity contribution in [2.45, 2.75) is 27.9 Å². The molecule has 0 radical (unpaired) electrons. The summed E-state index contributed by atoms with van der Waals surface area (Å²) in [7, 11) is 4.54. The Morgan fingerprint density at radius 2 is 1.15 bits per heavy atom. The first-order valence-corrected chi connectivity index (χ1v) is 17.4. The molecule has 0 aliphatic rings. The molecule has 0 aliphatic carbocycles. The number of methoxy groups -OCH3 is 3. The minimum Gasteiger partial charge on any atom is -0.481 e. The van der Waals surface area contributed by atoms with E-state index in [1.165, 1.54) is 23.4 Å². The molecular weight excluding hydrogens is 826 g/mol. The monoisotopic (exact) mass is 862 g/mol. The Kier molecular flexibility index (Phi) is 12.4. The quantitative estimate of drug-likeness (QED) is 0.115. The van der Waals surface area contributed by atoms with Crippen LogP contribution in [0.1, 0.15) is 36.3 Å². The number of esters is 1. The third kappa shape index (κ3) is 8.32. The van der Waals surface area contributed by atoms with Gasteiger partial charge in [0.1, 0.15) is 0 Å². The normalized spacial score (nSPS) is 10.8. The van der Waals surface area contributed by atoms with Crippen LogP contribution in [-0.4, -0.2) is 56.4 Å². The van der Waals surface area contributed by atoms with Crippen molar-refractivity contribution in [3.8, 4) is 11.8 Å². The number of carbonyl (C=O) groups excluding carboxylic acids is 1. The van der Waals surface area contributed by atoms with E-state index in [4.69, 9.17) is 37.4 Å². The number of hydrogen-bond donors (Lipinski definition) is 0. The van der Waals surface area contributed by atoms with Gasteiger partial charge in [-0.25, -0.2) is 14.8 Å². The Bertz CT molecular complexity index is 2590. The van der Waals surface area contributed by atoms with E-state index in [2.05, 4.69) is 65.4 Å². The third-order valence-corrected chi connectivity index (χ3v) is 9.66. The molecule has 0 bridgehead atoms. The molecule has 0 saturated heterocycles. The first-order chi connectivity index (χ1) is 24.7. The van der Waals surface area contributed by atoms with Crippen molar-refractivity contribution < 1.29 is 19.0 Å². The SMILES string of the molecule is C.C.COC(=O)c1cn(Cc2ccc3ncc(Cl)cc3c2)c2cnc(OC)cc12.COc1cc2c(I)cn(Cc3ccc4ncc(Cl)cc4c3)c2cn1. The number of aromatic nitrogens is 6. The molecule has 6 heterocycles. The van der Waals surface area contributed by atoms with Crippen molar-refractivity contribution in [3.05, 3.63) is 128 Å². The average molecular weight is 864 g/mol. The van der Waals surface area contributed by atoms with Crippen molar-refractivity contribution in [1.82, 2.24) is 29.1 Å². The highest BCUT2D eigenvalue weighted by Gasteiger charge is 2.17. The second kappa shape index (κ2) is 16.8. The van der Waals surface area contributed by atoms with Gasteiger partial charge in [-0.1, -0.05) is 50.2 Å². The summed E-state index contributed by atoms with van der Waals surface area (Å²) in [5, 5.41) is 5.13. The van der Waals surface area contributed by atoms with Gasteiger partial charge in [0, 0.05) is 75.1 Å². The van der Waals surface area contributed by atoms with Crippen LogP contribution >= 0.6 is 45.8 Å². The number of pyridine rings is 4. The lowest BCUT2D eigenvalue weighted by atomic mass is 10.1. The molecule has 0 fully saturated rings. The van der Waals surface area contributed by atoms with Gasteiger partial charge in [0.05, 0.1) is 71.4 Å². The molecule has 0 saturated carbocycles. The zero-order valence-electron chi connectivity index (χ0n) is 27.6. The maximum Gasteiger partial charge on any atom is 0.340 e. The molecule has 10 nitrogen and oxygen atoms in total. The van der Waals surface area contributed by atoms with E-state index in [9.17, 15) is 4.79 Å². The van der Waals surface area contributed by atoms with E-state index in [1.807, 2.05) is 53.2 Å². The van der Waals surface area contributed by atoms with Crippen LogP contribution in [0.3, 0.4) is 0 Å². The summed E-state index contributed by atoms with van der Waals surface area (Å²) in [5.41, 5.74) is 6.44. The van der Waals surface area contributed by atoms with Gasteiger partial charge in [-0.2, -0.15) is 0 Å².